The van der Waals surface area contributed by atoms with Gasteiger partial charge in [-0.25, -0.2) is 5.43 Å². The molecule has 23 heavy (non-hydrogen) atoms. The Hall–Kier alpha value is -1.84. The minimum Gasteiger partial charge on any atom is -0.372 e. The number of unbranched alkanes of at least 4 members (excludes halogenated alkanes) is 2. The number of nitrogens with one attached hydrogen (secondary N) is 1. The van der Waals surface area contributed by atoms with E-state index in [-0.39, 0.29) is 5.91 Å². The number of nitrogens with zero attached hydrogens (tertiary/aromatic N) is 2. The van der Waals surface area contributed by atoms with Crippen molar-refractivity contribution in [3.8, 4) is 0 Å². The first-order chi connectivity index (χ1) is 11.2. The minimum atomic E-state index is -0.0108. The number of carbonyl (C=O) groups excluding carboxylic acids is 1. The van der Waals surface area contributed by atoms with E-state index < -0.39 is 0 Å². The number of benzene rings is 1. The van der Waals surface area contributed by atoms with E-state index in [2.05, 4.69) is 48.3 Å². The molecular weight excluding hydrogens is 286 g/mol. The van der Waals surface area contributed by atoms with E-state index in [1.165, 1.54) is 5.69 Å². The fourth-order valence-electron chi connectivity index (χ4n) is 2.45. The highest BCUT2D eigenvalue weighted by Gasteiger charge is 2.03. The van der Waals surface area contributed by atoms with E-state index >= 15 is 0 Å². The molecule has 1 N–H and O–H groups in total. The van der Waals surface area contributed by atoms with Gasteiger partial charge in [0.25, 0.3) is 0 Å². The molecule has 0 fully saturated rings. The third-order valence-corrected chi connectivity index (χ3v) is 3.66. The van der Waals surface area contributed by atoms with Crippen LogP contribution in [0.25, 0.3) is 0 Å². The largest absolute Gasteiger partial charge is 0.372 e. The Kier molecular flexibility index (Phi) is 9.76. The smallest absolute Gasteiger partial charge is 0.240 e. The lowest BCUT2D eigenvalue weighted by atomic mass is 10.2. The van der Waals surface area contributed by atoms with Crippen LogP contribution >= 0.6 is 0 Å². The first-order valence-electron chi connectivity index (χ1n) is 8.88. The Labute approximate surface area is 141 Å². The van der Waals surface area contributed by atoms with Crippen LogP contribution in [0.2, 0.25) is 0 Å². The van der Waals surface area contributed by atoms with Gasteiger partial charge in [0.05, 0.1) is 6.21 Å². The van der Waals surface area contributed by atoms with E-state index in [4.69, 9.17) is 0 Å². The van der Waals surface area contributed by atoms with Crippen molar-refractivity contribution in [3.63, 3.8) is 0 Å². The van der Waals surface area contributed by atoms with Gasteiger partial charge in [-0.05, 0) is 37.0 Å². The summed E-state index contributed by atoms with van der Waals surface area (Å²) in [5, 5.41) is 4.03. The summed E-state index contributed by atoms with van der Waals surface area (Å²) in [5.41, 5.74) is 4.83. The Morgan fingerprint density at radius 1 is 1.04 bits per heavy atom. The lowest BCUT2D eigenvalue weighted by Gasteiger charge is -2.23. The molecule has 0 aliphatic heterocycles. The topological polar surface area (TPSA) is 44.7 Å². The number of amides is 1. The zero-order valence-electron chi connectivity index (χ0n) is 14.8. The van der Waals surface area contributed by atoms with E-state index in [0.717, 1.165) is 50.8 Å². The van der Waals surface area contributed by atoms with Crippen LogP contribution in [0.3, 0.4) is 0 Å². The quantitative estimate of drug-likeness (QED) is 0.375. The van der Waals surface area contributed by atoms with Gasteiger partial charge in [-0.3, -0.25) is 4.79 Å². The van der Waals surface area contributed by atoms with Crippen molar-refractivity contribution >= 4 is 17.8 Å². The molecule has 4 heteroatoms. The summed E-state index contributed by atoms with van der Waals surface area (Å²) in [4.78, 5) is 14.0. The molecule has 0 aliphatic carbocycles. The third kappa shape index (κ3) is 7.82. The summed E-state index contributed by atoms with van der Waals surface area (Å²) in [6, 6.07) is 8.33. The molecule has 1 aromatic carbocycles. The third-order valence-electron chi connectivity index (χ3n) is 3.66. The van der Waals surface area contributed by atoms with Gasteiger partial charge in [0.15, 0.2) is 0 Å². The summed E-state index contributed by atoms with van der Waals surface area (Å²) in [6.07, 6.45) is 7.68. The van der Waals surface area contributed by atoms with Crippen molar-refractivity contribution in [3.05, 3.63) is 29.8 Å². The lowest BCUT2D eigenvalue weighted by molar-refractivity contribution is -0.121. The van der Waals surface area contributed by atoms with Crippen LogP contribution in [0.5, 0.6) is 0 Å². The van der Waals surface area contributed by atoms with Crippen molar-refractivity contribution in [2.75, 3.05) is 18.0 Å². The number of hydrazone groups is 1. The Morgan fingerprint density at radius 2 is 1.70 bits per heavy atom. The van der Waals surface area contributed by atoms with Gasteiger partial charge in [0, 0.05) is 25.2 Å². The van der Waals surface area contributed by atoms with Crippen molar-refractivity contribution in [1.29, 1.82) is 0 Å². The van der Waals surface area contributed by atoms with Crippen LogP contribution in [0.4, 0.5) is 5.69 Å². The highest BCUT2D eigenvalue weighted by Crippen LogP contribution is 2.15. The Balaban J connectivity index is 2.49. The summed E-state index contributed by atoms with van der Waals surface area (Å²) >= 11 is 0. The molecule has 0 aliphatic rings. The fourth-order valence-corrected chi connectivity index (χ4v) is 2.45. The number of hydrogen-bond acceptors (Lipinski definition) is 3. The Bertz CT molecular complexity index is 462. The van der Waals surface area contributed by atoms with Crippen LogP contribution in [0.1, 0.15) is 64.9 Å². The van der Waals surface area contributed by atoms with Gasteiger partial charge in [-0.2, -0.15) is 5.10 Å². The van der Waals surface area contributed by atoms with E-state index in [1.54, 1.807) is 6.21 Å². The highest BCUT2D eigenvalue weighted by molar-refractivity contribution is 5.82. The molecule has 0 unspecified atom stereocenters. The minimum absolute atomic E-state index is 0.0108. The van der Waals surface area contributed by atoms with Crippen LogP contribution in [-0.4, -0.2) is 25.2 Å². The van der Waals surface area contributed by atoms with Crippen LogP contribution in [-0.2, 0) is 4.79 Å². The highest BCUT2D eigenvalue weighted by atomic mass is 16.2. The molecule has 0 saturated heterocycles. The molecule has 0 aromatic heterocycles. The normalized spacial score (nSPS) is 10.9. The van der Waals surface area contributed by atoms with Gasteiger partial charge in [0.1, 0.15) is 0 Å². The zero-order chi connectivity index (χ0) is 16.9. The average Bonchev–Trinajstić information content (AvgIpc) is 2.56. The number of carbonyl (C=O) groups is 1. The van der Waals surface area contributed by atoms with E-state index in [0.29, 0.717) is 6.42 Å². The molecule has 0 heterocycles. The molecular formula is C19H31N3O. The summed E-state index contributed by atoms with van der Waals surface area (Å²) in [5.74, 6) is -0.0108. The molecule has 0 spiro atoms. The maximum absolute atomic E-state index is 11.6. The molecule has 0 saturated carbocycles. The molecule has 1 aromatic rings. The monoisotopic (exact) mass is 317 g/mol. The number of anilines is 1. The van der Waals surface area contributed by atoms with Crippen LogP contribution in [0.15, 0.2) is 29.4 Å². The fraction of sp³-hybridized carbons (Fsp3) is 0.579. The molecule has 0 radical (unpaired) electrons. The summed E-state index contributed by atoms with van der Waals surface area (Å²) in [7, 11) is 0. The molecule has 128 valence electrons. The Morgan fingerprint density at radius 3 is 2.26 bits per heavy atom. The van der Waals surface area contributed by atoms with Crippen molar-refractivity contribution < 1.29 is 4.79 Å². The predicted molar refractivity (Wildman–Crippen MR) is 99.1 cm³/mol. The summed E-state index contributed by atoms with van der Waals surface area (Å²) < 4.78 is 0. The van der Waals surface area contributed by atoms with Gasteiger partial charge in [-0.1, -0.05) is 45.7 Å². The van der Waals surface area contributed by atoms with Crippen LogP contribution < -0.4 is 10.3 Å². The van der Waals surface area contributed by atoms with Gasteiger partial charge in [0.2, 0.25) is 5.91 Å². The second kappa shape index (κ2) is 11.7. The first-order valence-corrected chi connectivity index (χ1v) is 8.88. The van der Waals surface area contributed by atoms with Gasteiger partial charge in [-0.15, -0.1) is 0 Å². The maximum Gasteiger partial charge on any atom is 0.240 e. The SMILES string of the molecule is CCCCCC(=O)N/N=C\c1ccc(N(CCC)CCC)cc1. The zero-order valence-corrected chi connectivity index (χ0v) is 14.8. The number of hydrogen-bond donors (Lipinski definition) is 1. The molecule has 1 rings (SSSR count). The molecule has 1 amide bonds. The van der Waals surface area contributed by atoms with Gasteiger partial charge < -0.3 is 4.90 Å². The standard InChI is InChI=1S/C19H31N3O/c1-4-7-8-9-19(23)21-20-16-17-10-12-18(13-11-17)22(14-5-2)15-6-3/h10-13,16H,4-9,14-15H2,1-3H3,(H,21,23)/b20-16-. The second-order valence-corrected chi connectivity index (χ2v) is 5.83. The first kappa shape index (κ1) is 19.2. The second-order valence-electron chi connectivity index (χ2n) is 5.83. The van der Waals surface area contributed by atoms with Crippen molar-refractivity contribution in [2.24, 2.45) is 5.10 Å². The maximum atomic E-state index is 11.6. The molecule has 4 nitrogen and oxygen atoms in total. The molecule has 0 atom stereocenters. The predicted octanol–water partition coefficient (Wildman–Crippen LogP) is 4.34. The average molecular weight is 317 g/mol. The molecule has 0 bridgehead atoms. The summed E-state index contributed by atoms with van der Waals surface area (Å²) in [6.45, 7) is 8.69. The van der Waals surface area contributed by atoms with E-state index in [9.17, 15) is 4.79 Å². The van der Waals surface area contributed by atoms with E-state index in [1.807, 2.05) is 12.1 Å². The van der Waals surface area contributed by atoms with Crippen molar-refractivity contribution in [2.45, 2.75) is 59.3 Å². The van der Waals surface area contributed by atoms with Gasteiger partial charge >= 0.3 is 0 Å². The number of rotatable bonds is 11. The van der Waals surface area contributed by atoms with Crippen LogP contribution in [0, 0.1) is 0 Å². The lowest BCUT2D eigenvalue weighted by Crippen LogP contribution is -2.24. The van der Waals surface area contributed by atoms with Crippen molar-refractivity contribution in [1.82, 2.24) is 5.43 Å².